The van der Waals surface area contributed by atoms with Crippen LogP contribution in [-0.4, -0.2) is 23.3 Å². The van der Waals surface area contributed by atoms with Crippen LogP contribution in [0.2, 0.25) is 0 Å². The second-order valence-corrected chi connectivity index (χ2v) is 5.56. The Morgan fingerprint density at radius 3 is 2.28 bits per heavy atom. The molecule has 1 aromatic heterocycles. The number of pyridine rings is 1. The van der Waals surface area contributed by atoms with Crippen LogP contribution in [0.5, 0.6) is 0 Å². The van der Waals surface area contributed by atoms with Gasteiger partial charge in [-0.1, -0.05) is 0 Å². The van der Waals surface area contributed by atoms with E-state index in [2.05, 4.69) is 4.98 Å². The number of nitrogens with two attached hydrogens (primary N) is 2. The molecule has 1 aromatic rings. The summed E-state index contributed by atoms with van der Waals surface area (Å²) in [6, 6.07) is 1.84. The van der Waals surface area contributed by atoms with Gasteiger partial charge in [-0.25, -0.2) is 4.98 Å². The zero-order valence-corrected chi connectivity index (χ0v) is 11.4. The molecule has 2 rings (SSSR count). The van der Waals surface area contributed by atoms with Crippen molar-refractivity contribution in [3.63, 3.8) is 0 Å². The highest BCUT2D eigenvalue weighted by Gasteiger charge is 2.52. The first-order valence-corrected chi connectivity index (χ1v) is 6.07. The average molecular weight is 249 g/mol. The molecule has 6 heteroatoms. The molecule has 4 N–H and O–H groups in total. The normalized spacial score (nSPS) is 21.3. The summed E-state index contributed by atoms with van der Waals surface area (Å²) in [4.78, 5) is 4.09. The fourth-order valence-electron chi connectivity index (χ4n) is 1.94. The van der Waals surface area contributed by atoms with Gasteiger partial charge in [0.15, 0.2) is 0 Å². The van der Waals surface area contributed by atoms with Crippen molar-refractivity contribution in [3.8, 4) is 0 Å². The number of anilines is 1. The summed E-state index contributed by atoms with van der Waals surface area (Å²) in [5, 5.41) is 0. The standard InChI is InChI=1S/C12H20BN3O2/c1-11(2)12(3,4)18-13(17-11)9-8(7-14)5-6-16-10(9)15/h5-6H,7,14H2,1-4H3,(H2,15,16). The highest BCUT2D eigenvalue weighted by atomic mass is 16.7. The molecule has 0 spiro atoms. The molecule has 1 saturated heterocycles. The van der Waals surface area contributed by atoms with Crippen molar-refractivity contribution in [2.45, 2.75) is 45.4 Å². The lowest BCUT2D eigenvalue weighted by Crippen LogP contribution is -2.41. The van der Waals surface area contributed by atoms with Crippen molar-refractivity contribution < 1.29 is 9.31 Å². The number of nitrogen functional groups attached to an aromatic ring is 1. The van der Waals surface area contributed by atoms with E-state index >= 15 is 0 Å². The fraction of sp³-hybridized carbons (Fsp3) is 0.583. The van der Waals surface area contributed by atoms with E-state index in [4.69, 9.17) is 20.8 Å². The quantitative estimate of drug-likeness (QED) is 0.742. The van der Waals surface area contributed by atoms with E-state index in [1.807, 2.05) is 33.8 Å². The van der Waals surface area contributed by atoms with Crippen LogP contribution in [0.15, 0.2) is 12.3 Å². The summed E-state index contributed by atoms with van der Waals surface area (Å²) >= 11 is 0. The largest absolute Gasteiger partial charge is 0.498 e. The van der Waals surface area contributed by atoms with E-state index in [-0.39, 0.29) is 0 Å². The van der Waals surface area contributed by atoms with Crippen LogP contribution >= 0.6 is 0 Å². The Bertz CT molecular complexity index is 447. The molecule has 1 aliphatic rings. The van der Waals surface area contributed by atoms with E-state index in [1.54, 1.807) is 6.20 Å². The Balaban J connectivity index is 2.41. The molecule has 0 bridgehead atoms. The lowest BCUT2D eigenvalue weighted by atomic mass is 9.76. The Labute approximate surface area is 108 Å². The van der Waals surface area contributed by atoms with Crippen molar-refractivity contribution in [2.75, 3.05) is 5.73 Å². The number of hydrogen-bond acceptors (Lipinski definition) is 5. The third-order valence-electron chi connectivity index (χ3n) is 3.82. The first kappa shape index (κ1) is 13.3. The van der Waals surface area contributed by atoms with Gasteiger partial charge in [0.05, 0.1) is 11.2 Å². The molecule has 0 saturated carbocycles. The SMILES string of the molecule is CC1(C)OB(c2c(CN)ccnc2N)OC1(C)C. The van der Waals surface area contributed by atoms with Crippen molar-refractivity contribution in [2.24, 2.45) is 5.73 Å². The fourth-order valence-corrected chi connectivity index (χ4v) is 1.94. The highest BCUT2D eigenvalue weighted by molar-refractivity contribution is 6.64. The maximum Gasteiger partial charge on any atom is 0.498 e. The zero-order valence-electron chi connectivity index (χ0n) is 11.4. The molecular formula is C12H20BN3O2. The van der Waals surface area contributed by atoms with Gasteiger partial charge >= 0.3 is 7.12 Å². The molecule has 98 valence electrons. The van der Waals surface area contributed by atoms with Crippen LogP contribution in [-0.2, 0) is 15.9 Å². The molecule has 0 unspecified atom stereocenters. The van der Waals surface area contributed by atoms with E-state index in [1.165, 1.54) is 0 Å². The third kappa shape index (κ3) is 2.00. The van der Waals surface area contributed by atoms with E-state index in [0.29, 0.717) is 12.4 Å². The van der Waals surface area contributed by atoms with Crippen molar-refractivity contribution in [1.29, 1.82) is 0 Å². The second kappa shape index (κ2) is 4.22. The predicted octanol–water partition coefficient (Wildman–Crippen LogP) is 0.422. The number of rotatable bonds is 2. The van der Waals surface area contributed by atoms with E-state index in [9.17, 15) is 0 Å². The van der Waals surface area contributed by atoms with Gasteiger partial charge in [-0.2, -0.15) is 0 Å². The number of aromatic nitrogens is 1. The summed E-state index contributed by atoms with van der Waals surface area (Å²) < 4.78 is 12.0. The van der Waals surface area contributed by atoms with Crippen LogP contribution in [0.1, 0.15) is 33.3 Å². The smallest absolute Gasteiger partial charge is 0.399 e. The van der Waals surface area contributed by atoms with Gasteiger partial charge in [-0.15, -0.1) is 0 Å². The molecular weight excluding hydrogens is 229 g/mol. The van der Waals surface area contributed by atoms with Crippen LogP contribution in [0, 0.1) is 0 Å². The van der Waals surface area contributed by atoms with Crippen molar-refractivity contribution in [3.05, 3.63) is 17.8 Å². The lowest BCUT2D eigenvalue weighted by molar-refractivity contribution is 0.00578. The molecule has 0 aliphatic carbocycles. The zero-order chi connectivity index (χ0) is 13.6. The van der Waals surface area contributed by atoms with Crippen molar-refractivity contribution in [1.82, 2.24) is 4.98 Å². The molecule has 5 nitrogen and oxygen atoms in total. The summed E-state index contributed by atoms with van der Waals surface area (Å²) in [5.74, 6) is 0.413. The molecule has 2 heterocycles. The molecule has 0 amide bonds. The maximum absolute atomic E-state index is 5.98. The minimum Gasteiger partial charge on any atom is -0.399 e. The van der Waals surface area contributed by atoms with E-state index in [0.717, 1.165) is 11.0 Å². The predicted molar refractivity (Wildman–Crippen MR) is 72.3 cm³/mol. The van der Waals surface area contributed by atoms with Gasteiger partial charge in [-0.3, -0.25) is 0 Å². The lowest BCUT2D eigenvalue weighted by Gasteiger charge is -2.32. The Morgan fingerprint density at radius 1 is 1.22 bits per heavy atom. The van der Waals surface area contributed by atoms with Crippen LogP contribution < -0.4 is 16.9 Å². The van der Waals surface area contributed by atoms with Crippen LogP contribution in [0.25, 0.3) is 0 Å². The Morgan fingerprint density at radius 2 is 1.78 bits per heavy atom. The van der Waals surface area contributed by atoms with Gasteiger partial charge in [0, 0.05) is 18.2 Å². The van der Waals surface area contributed by atoms with Crippen LogP contribution in [0.4, 0.5) is 5.82 Å². The molecule has 0 aromatic carbocycles. The maximum atomic E-state index is 5.98. The average Bonchev–Trinajstić information content (AvgIpc) is 2.47. The summed E-state index contributed by atoms with van der Waals surface area (Å²) in [5.41, 5.74) is 12.5. The Kier molecular flexibility index (Phi) is 3.13. The minimum absolute atomic E-state index is 0.381. The molecule has 1 aliphatic heterocycles. The van der Waals surface area contributed by atoms with E-state index < -0.39 is 18.3 Å². The van der Waals surface area contributed by atoms with Gasteiger partial charge in [-0.05, 0) is 39.3 Å². The van der Waals surface area contributed by atoms with Crippen molar-refractivity contribution >= 4 is 18.4 Å². The second-order valence-electron chi connectivity index (χ2n) is 5.56. The van der Waals surface area contributed by atoms with Gasteiger partial charge < -0.3 is 20.8 Å². The minimum atomic E-state index is -0.512. The van der Waals surface area contributed by atoms with Gasteiger partial charge in [0.1, 0.15) is 5.82 Å². The van der Waals surface area contributed by atoms with Gasteiger partial charge in [0.2, 0.25) is 0 Å². The van der Waals surface area contributed by atoms with Crippen LogP contribution in [0.3, 0.4) is 0 Å². The topological polar surface area (TPSA) is 83.4 Å². The third-order valence-corrected chi connectivity index (χ3v) is 3.82. The molecule has 0 atom stereocenters. The molecule has 18 heavy (non-hydrogen) atoms. The summed E-state index contributed by atoms with van der Waals surface area (Å²) in [6.45, 7) is 8.39. The van der Waals surface area contributed by atoms with Gasteiger partial charge in [0.25, 0.3) is 0 Å². The number of hydrogen-bond donors (Lipinski definition) is 2. The first-order chi connectivity index (χ1) is 8.28. The molecule has 0 radical (unpaired) electrons. The summed E-state index contributed by atoms with van der Waals surface area (Å²) in [7, 11) is -0.512. The monoisotopic (exact) mass is 249 g/mol. The molecule has 1 fully saturated rings. The Hall–Kier alpha value is -1.11. The number of nitrogens with zero attached hydrogens (tertiary/aromatic N) is 1. The first-order valence-electron chi connectivity index (χ1n) is 6.07. The summed E-state index contributed by atoms with van der Waals surface area (Å²) in [6.07, 6.45) is 1.65. The highest BCUT2D eigenvalue weighted by Crippen LogP contribution is 2.36.